The van der Waals surface area contributed by atoms with Gasteiger partial charge >= 0.3 is 0 Å². The number of likely N-dealkylation sites (N-methyl/N-ethyl adjacent to an activating group) is 1. The highest BCUT2D eigenvalue weighted by Crippen LogP contribution is 2.20. The number of hydrogen-bond acceptors (Lipinski definition) is 4. The van der Waals surface area contributed by atoms with Gasteiger partial charge in [0.05, 0.1) is 6.20 Å². The van der Waals surface area contributed by atoms with Gasteiger partial charge in [-0.2, -0.15) is 11.8 Å². The van der Waals surface area contributed by atoms with Crippen LogP contribution in [0.3, 0.4) is 0 Å². The Bertz CT molecular complexity index is 544. The lowest BCUT2D eigenvalue weighted by molar-refractivity contribution is -0.122. The summed E-state index contributed by atoms with van der Waals surface area (Å²) >= 11 is 1.66. The number of carbonyl (C=O) groups is 2. The lowest BCUT2D eigenvalue weighted by atomic mass is 10.0. The molecule has 7 heteroatoms. The van der Waals surface area contributed by atoms with Crippen LogP contribution in [0.1, 0.15) is 36.1 Å². The Morgan fingerprint density at radius 2 is 2.32 bits per heavy atom. The first kappa shape index (κ1) is 16.9. The van der Waals surface area contributed by atoms with Crippen LogP contribution in [0, 0.1) is 5.92 Å². The number of hydrogen-bond donors (Lipinski definition) is 2. The van der Waals surface area contributed by atoms with E-state index in [1.165, 1.54) is 0 Å². The average molecular weight is 324 g/mol. The zero-order valence-electron chi connectivity index (χ0n) is 13.4. The highest BCUT2D eigenvalue weighted by atomic mass is 32.2. The molecule has 2 atom stereocenters. The maximum absolute atomic E-state index is 12.5. The molecule has 0 aliphatic carbocycles. The van der Waals surface area contributed by atoms with Crippen LogP contribution in [-0.4, -0.2) is 46.5 Å². The van der Waals surface area contributed by atoms with Crippen molar-refractivity contribution >= 4 is 23.6 Å². The van der Waals surface area contributed by atoms with Gasteiger partial charge < -0.3 is 15.2 Å². The standard InChI is InChI=1S/C15H24N4O2S/c1-10-4-5-13-17-8-12(19(13)9-10)15(21)18-11(6-7-22-3)14(20)16-2/h8,10-11H,4-7,9H2,1-3H3,(H,16,20)(H,18,21)/t10?,11-/m0/s1. The summed E-state index contributed by atoms with van der Waals surface area (Å²) in [5.74, 6) is 1.94. The van der Waals surface area contributed by atoms with Crippen molar-refractivity contribution in [3.63, 3.8) is 0 Å². The van der Waals surface area contributed by atoms with Crippen molar-refractivity contribution < 1.29 is 9.59 Å². The fourth-order valence-corrected chi connectivity index (χ4v) is 3.16. The van der Waals surface area contributed by atoms with Gasteiger partial charge in [-0.05, 0) is 30.8 Å². The maximum Gasteiger partial charge on any atom is 0.270 e. The molecule has 0 spiro atoms. The first-order chi connectivity index (χ1) is 10.6. The van der Waals surface area contributed by atoms with E-state index in [1.54, 1.807) is 25.0 Å². The van der Waals surface area contributed by atoms with Gasteiger partial charge in [0.1, 0.15) is 17.6 Å². The van der Waals surface area contributed by atoms with Gasteiger partial charge in [-0.25, -0.2) is 4.98 Å². The molecule has 1 aliphatic rings. The second-order valence-electron chi connectivity index (χ2n) is 5.74. The van der Waals surface area contributed by atoms with Crippen molar-refractivity contribution in [2.75, 3.05) is 19.1 Å². The fraction of sp³-hybridized carbons (Fsp3) is 0.667. The SMILES string of the molecule is CNC(=O)[C@H](CCSC)NC(=O)c1cnc2n1CC(C)CC2. The molecule has 2 heterocycles. The normalized spacial score (nSPS) is 18.4. The maximum atomic E-state index is 12.5. The minimum absolute atomic E-state index is 0.158. The molecule has 2 amide bonds. The quantitative estimate of drug-likeness (QED) is 0.820. The summed E-state index contributed by atoms with van der Waals surface area (Å²) in [6.45, 7) is 2.99. The first-order valence-corrected chi connectivity index (χ1v) is 9.02. The molecule has 0 bridgehead atoms. The molecule has 122 valence electrons. The van der Waals surface area contributed by atoms with Crippen LogP contribution in [0.25, 0.3) is 0 Å². The van der Waals surface area contributed by atoms with Crippen LogP contribution in [0.4, 0.5) is 0 Å². The highest BCUT2D eigenvalue weighted by Gasteiger charge is 2.25. The molecule has 0 aromatic carbocycles. The lowest BCUT2D eigenvalue weighted by Gasteiger charge is -2.22. The summed E-state index contributed by atoms with van der Waals surface area (Å²) in [6.07, 6.45) is 6.23. The number of fused-ring (bicyclic) bond motifs is 1. The molecule has 0 radical (unpaired) electrons. The topological polar surface area (TPSA) is 76.0 Å². The van der Waals surface area contributed by atoms with Crippen LogP contribution in [-0.2, 0) is 17.8 Å². The number of nitrogens with one attached hydrogen (secondary N) is 2. The number of carbonyl (C=O) groups excluding carboxylic acids is 2. The number of nitrogens with zero attached hydrogens (tertiary/aromatic N) is 2. The highest BCUT2D eigenvalue weighted by molar-refractivity contribution is 7.98. The minimum Gasteiger partial charge on any atom is -0.357 e. The molecule has 0 saturated heterocycles. The van der Waals surface area contributed by atoms with Gasteiger partial charge in [-0.3, -0.25) is 9.59 Å². The number of imidazole rings is 1. The third-order valence-electron chi connectivity index (χ3n) is 4.00. The molecule has 1 aromatic rings. The van der Waals surface area contributed by atoms with Crippen molar-refractivity contribution in [3.05, 3.63) is 17.7 Å². The summed E-state index contributed by atoms with van der Waals surface area (Å²) in [5, 5.41) is 5.45. The van der Waals surface area contributed by atoms with E-state index in [2.05, 4.69) is 22.5 Å². The molecule has 2 rings (SSSR count). The molecule has 6 nitrogen and oxygen atoms in total. The summed E-state index contributed by atoms with van der Waals surface area (Å²) < 4.78 is 1.99. The molecule has 1 aliphatic heterocycles. The zero-order chi connectivity index (χ0) is 16.1. The third-order valence-corrected chi connectivity index (χ3v) is 4.65. The molecule has 0 fully saturated rings. The van der Waals surface area contributed by atoms with Gasteiger partial charge in [-0.1, -0.05) is 6.92 Å². The van der Waals surface area contributed by atoms with Gasteiger partial charge in [0.15, 0.2) is 0 Å². The lowest BCUT2D eigenvalue weighted by Crippen LogP contribution is -2.46. The second kappa shape index (κ2) is 7.67. The number of aromatic nitrogens is 2. The Balaban J connectivity index is 2.10. The van der Waals surface area contributed by atoms with Gasteiger partial charge in [0.25, 0.3) is 5.91 Å². The van der Waals surface area contributed by atoms with E-state index in [4.69, 9.17) is 0 Å². The predicted octanol–water partition coefficient (Wildman–Crippen LogP) is 1.06. The third kappa shape index (κ3) is 3.82. The van der Waals surface area contributed by atoms with Gasteiger partial charge in [0, 0.05) is 20.0 Å². The summed E-state index contributed by atoms with van der Waals surface area (Å²) in [7, 11) is 1.59. The largest absolute Gasteiger partial charge is 0.357 e. The molecular formula is C15H24N4O2S. The van der Waals surface area contributed by atoms with E-state index >= 15 is 0 Å². The Morgan fingerprint density at radius 1 is 1.55 bits per heavy atom. The molecule has 1 aromatic heterocycles. The van der Waals surface area contributed by atoms with Crippen LogP contribution < -0.4 is 10.6 Å². The first-order valence-electron chi connectivity index (χ1n) is 7.62. The molecular weight excluding hydrogens is 300 g/mol. The summed E-state index contributed by atoms with van der Waals surface area (Å²) in [6, 6.07) is -0.503. The van der Waals surface area contributed by atoms with Crippen LogP contribution >= 0.6 is 11.8 Å². The second-order valence-corrected chi connectivity index (χ2v) is 6.72. The van der Waals surface area contributed by atoms with E-state index in [0.29, 0.717) is 18.0 Å². The smallest absolute Gasteiger partial charge is 0.270 e. The Morgan fingerprint density at radius 3 is 3.00 bits per heavy atom. The van der Waals surface area contributed by atoms with Gasteiger partial charge in [0.2, 0.25) is 5.91 Å². The van der Waals surface area contributed by atoms with Crippen molar-refractivity contribution in [1.29, 1.82) is 0 Å². The van der Waals surface area contributed by atoms with E-state index in [1.807, 2.05) is 10.8 Å². The Hall–Kier alpha value is -1.50. The molecule has 1 unspecified atom stereocenters. The number of amides is 2. The van der Waals surface area contributed by atoms with Crippen molar-refractivity contribution in [1.82, 2.24) is 20.2 Å². The number of rotatable bonds is 6. The van der Waals surface area contributed by atoms with E-state index in [-0.39, 0.29) is 11.8 Å². The van der Waals surface area contributed by atoms with Crippen LogP contribution in [0.15, 0.2) is 6.20 Å². The molecule has 22 heavy (non-hydrogen) atoms. The summed E-state index contributed by atoms with van der Waals surface area (Å²) in [5.41, 5.74) is 0.555. The molecule has 2 N–H and O–H groups in total. The van der Waals surface area contributed by atoms with E-state index in [0.717, 1.165) is 31.0 Å². The van der Waals surface area contributed by atoms with Gasteiger partial charge in [-0.15, -0.1) is 0 Å². The Labute approximate surface area is 135 Å². The monoisotopic (exact) mass is 324 g/mol. The number of thioether (sulfide) groups is 1. The minimum atomic E-state index is -0.503. The van der Waals surface area contributed by atoms with E-state index in [9.17, 15) is 9.59 Å². The van der Waals surface area contributed by atoms with E-state index < -0.39 is 6.04 Å². The fourth-order valence-electron chi connectivity index (χ4n) is 2.69. The summed E-state index contributed by atoms with van der Waals surface area (Å²) in [4.78, 5) is 28.8. The molecule has 0 saturated carbocycles. The van der Waals surface area contributed by atoms with Crippen molar-refractivity contribution in [3.8, 4) is 0 Å². The number of aryl methyl sites for hydroxylation is 1. The predicted molar refractivity (Wildman–Crippen MR) is 88.0 cm³/mol. The average Bonchev–Trinajstić information content (AvgIpc) is 2.93. The van der Waals surface area contributed by atoms with Crippen LogP contribution in [0.5, 0.6) is 0 Å². The van der Waals surface area contributed by atoms with Crippen LogP contribution in [0.2, 0.25) is 0 Å². The Kier molecular flexibility index (Phi) is 5.88. The van der Waals surface area contributed by atoms with Crippen molar-refractivity contribution in [2.24, 2.45) is 5.92 Å². The van der Waals surface area contributed by atoms with Crippen molar-refractivity contribution in [2.45, 2.75) is 38.8 Å². The zero-order valence-corrected chi connectivity index (χ0v) is 14.2.